The number of hydrogen-bond donors (Lipinski definition) is 1. The number of hydrogen-bond acceptors (Lipinski definition) is 2. The van der Waals surface area contributed by atoms with Gasteiger partial charge in [-0.1, -0.05) is 43.5 Å². The number of benzene rings is 2. The lowest BCUT2D eigenvalue weighted by Crippen LogP contribution is -2.54. The van der Waals surface area contributed by atoms with E-state index in [-0.39, 0.29) is 17.9 Å². The third-order valence-electron chi connectivity index (χ3n) is 5.94. The van der Waals surface area contributed by atoms with Crippen molar-refractivity contribution in [2.75, 3.05) is 13.1 Å². The Morgan fingerprint density at radius 1 is 1.07 bits per heavy atom. The topological polar surface area (TPSA) is 23.5 Å². The van der Waals surface area contributed by atoms with Crippen LogP contribution in [0.25, 0.3) is 0 Å². The van der Waals surface area contributed by atoms with Crippen molar-refractivity contribution in [3.05, 3.63) is 70.2 Å². The second kappa shape index (κ2) is 9.11. The van der Waals surface area contributed by atoms with Crippen LogP contribution in [0, 0.1) is 17.6 Å². The number of nitrogens with zero attached hydrogens (tertiary/aromatic N) is 1. The van der Waals surface area contributed by atoms with Gasteiger partial charge in [0.2, 0.25) is 0 Å². The van der Waals surface area contributed by atoms with Crippen molar-refractivity contribution < 1.29 is 13.9 Å². The zero-order valence-electron chi connectivity index (χ0n) is 17.3. The smallest absolute Gasteiger partial charge is 0.126 e. The summed E-state index contributed by atoms with van der Waals surface area (Å²) in [5.74, 6) is -1.41. The predicted octanol–water partition coefficient (Wildman–Crippen LogP) is 6.34. The number of unbranched alkanes of at least 4 members (excludes halogenated alkanes) is 1. The Balaban J connectivity index is 1.79. The van der Waals surface area contributed by atoms with Crippen molar-refractivity contribution in [2.24, 2.45) is 5.92 Å². The predicted molar refractivity (Wildman–Crippen MR) is 114 cm³/mol. The van der Waals surface area contributed by atoms with Crippen molar-refractivity contribution in [2.45, 2.75) is 57.6 Å². The SMILES string of the molecule is CCCCC(c1ccc(Cl)cc1)N1CC(C(c2cc(F)cc(F)c2)C(C)(C)O)C1. The normalized spacial score (nSPS) is 17.8. The molecule has 0 radical (unpaired) electrons. The van der Waals surface area contributed by atoms with E-state index in [1.54, 1.807) is 13.8 Å². The third-order valence-corrected chi connectivity index (χ3v) is 6.19. The standard InChI is InChI=1S/C24H30ClF2NO/c1-4-5-6-22(16-7-9-19(25)10-8-16)28-14-18(15-28)23(24(2,3)29)17-11-20(26)13-21(27)12-17/h7-13,18,22-23,29H,4-6,14-15H2,1-3H3. The van der Waals surface area contributed by atoms with Crippen LogP contribution in [-0.4, -0.2) is 28.7 Å². The van der Waals surface area contributed by atoms with E-state index in [0.29, 0.717) is 5.56 Å². The quantitative estimate of drug-likeness (QED) is 0.537. The van der Waals surface area contributed by atoms with E-state index < -0.39 is 17.2 Å². The van der Waals surface area contributed by atoms with E-state index in [1.807, 2.05) is 12.1 Å². The summed E-state index contributed by atoms with van der Waals surface area (Å²) in [6.07, 6.45) is 3.29. The van der Waals surface area contributed by atoms with Crippen molar-refractivity contribution in [3.63, 3.8) is 0 Å². The van der Waals surface area contributed by atoms with E-state index in [9.17, 15) is 13.9 Å². The Bertz CT molecular complexity index is 792. The molecule has 0 amide bonds. The molecule has 0 aliphatic carbocycles. The molecule has 2 aromatic carbocycles. The first-order valence-corrected chi connectivity index (χ1v) is 10.7. The third kappa shape index (κ3) is 5.36. The summed E-state index contributed by atoms with van der Waals surface area (Å²) in [7, 11) is 0. The maximum absolute atomic E-state index is 13.8. The van der Waals surface area contributed by atoms with Crippen molar-refractivity contribution in [1.82, 2.24) is 4.90 Å². The van der Waals surface area contributed by atoms with Crippen LogP contribution < -0.4 is 0 Å². The van der Waals surface area contributed by atoms with Crippen LogP contribution in [-0.2, 0) is 0 Å². The number of likely N-dealkylation sites (tertiary alicyclic amines) is 1. The molecule has 0 bridgehead atoms. The highest BCUT2D eigenvalue weighted by atomic mass is 35.5. The zero-order chi connectivity index (χ0) is 21.2. The van der Waals surface area contributed by atoms with Crippen LogP contribution in [0.1, 0.15) is 63.1 Å². The molecule has 2 unspecified atom stereocenters. The second-order valence-electron chi connectivity index (χ2n) is 8.76. The molecule has 2 aromatic rings. The number of halogens is 3. The molecule has 1 saturated heterocycles. The molecule has 1 aliphatic rings. The molecular weight excluding hydrogens is 392 g/mol. The maximum Gasteiger partial charge on any atom is 0.126 e. The minimum atomic E-state index is -1.07. The lowest BCUT2D eigenvalue weighted by molar-refractivity contribution is -0.0381. The minimum Gasteiger partial charge on any atom is -0.390 e. The molecule has 1 heterocycles. The van der Waals surface area contributed by atoms with Crippen LogP contribution in [0.5, 0.6) is 0 Å². The molecule has 0 aromatic heterocycles. The van der Waals surface area contributed by atoms with Crippen molar-refractivity contribution in [1.29, 1.82) is 0 Å². The Morgan fingerprint density at radius 3 is 2.17 bits per heavy atom. The van der Waals surface area contributed by atoms with Gasteiger partial charge in [-0.25, -0.2) is 8.78 Å². The first-order chi connectivity index (χ1) is 13.7. The van der Waals surface area contributed by atoms with Gasteiger partial charge < -0.3 is 5.11 Å². The van der Waals surface area contributed by atoms with Gasteiger partial charge in [-0.15, -0.1) is 0 Å². The highest BCUT2D eigenvalue weighted by Gasteiger charge is 2.43. The van der Waals surface area contributed by atoms with Crippen LogP contribution in [0.2, 0.25) is 5.02 Å². The summed E-state index contributed by atoms with van der Waals surface area (Å²) in [4.78, 5) is 2.40. The fraction of sp³-hybridized carbons (Fsp3) is 0.500. The summed E-state index contributed by atoms with van der Waals surface area (Å²) < 4.78 is 27.6. The summed E-state index contributed by atoms with van der Waals surface area (Å²) >= 11 is 6.05. The molecule has 1 aliphatic heterocycles. The Kier molecular flexibility index (Phi) is 6.98. The second-order valence-corrected chi connectivity index (χ2v) is 9.19. The lowest BCUT2D eigenvalue weighted by atomic mass is 9.71. The van der Waals surface area contributed by atoms with Gasteiger partial charge in [0.15, 0.2) is 0 Å². The fourth-order valence-electron chi connectivity index (χ4n) is 4.67. The van der Waals surface area contributed by atoms with E-state index in [1.165, 1.54) is 17.7 Å². The van der Waals surface area contributed by atoms with E-state index in [0.717, 1.165) is 43.4 Å². The van der Waals surface area contributed by atoms with E-state index in [2.05, 4.69) is 24.0 Å². The van der Waals surface area contributed by atoms with Crippen LogP contribution >= 0.6 is 11.6 Å². The van der Waals surface area contributed by atoms with Crippen LogP contribution in [0.15, 0.2) is 42.5 Å². The summed E-state index contributed by atoms with van der Waals surface area (Å²) in [5, 5.41) is 11.5. The maximum atomic E-state index is 13.8. The van der Waals surface area contributed by atoms with Gasteiger partial charge in [-0.2, -0.15) is 0 Å². The number of rotatable bonds is 8. The lowest BCUT2D eigenvalue weighted by Gasteiger charge is -2.50. The van der Waals surface area contributed by atoms with Crippen molar-refractivity contribution >= 4 is 11.6 Å². The fourth-order valence-corrected chi connectivity index (χ4v) is 4.79. The largest absolute Gasteiger partial charge is 0.390 e. The molecule has 29 heavy (non-hydrogen) atoms. The van der Waals surface area contributed by atoms with Gasteiger partial charge in [-0.3, -0.25) is 4.90 Å². The van der Waals surface area contributed by atoms with Gasteiger partial charge in [0.25, 0.3) is 0 Å². The summed E-state index contributed by atoms with van der Waals surface area (Å²) in [6, 6.07) is 11.8. The zero-order valence-corrected chi connectivity index (χ0v) is 18.1. The first kappa shape index (κ1) is 22.2. The van der Waals surface area contributed by atoms with Crippen LogP contribution in [0.4, 0.5) is 8.78 Å². The van der Waals surface area contributed by atoms with E-state index >= 15 is 0 Å². The van der Waals surface area contributed by atoms with Gasteiger partial charge in [0.05, 0.1) is 5.60 Å². The minimum absolute atomic E-state index is 0.132. The molecule has 158 valence electrons. The van der Waals surface area contributed by atoms with Gasteiger partial charge in [0, 0.05) is 36.1 Å². The van der Waals surface area contributed by atoms with Gasteiger partial charge in [0.1, 0.15) is 11.6 Å². The first-order valence-electron chi connectivity index (χ1n) is 10.4. The average Bonchev–Trinajstić information content (AvgIpc) is 2.58. The Labute approximate surface area is 177 Å². The molecule has 1 fully saturated rings. The molecule has 5 heteroatoms. The average molecular weight is 422 g/mol. The monoisotopic (exact) mass is 421 g/mol. The molecule has 0 spiro atoms. The Hall–Kier alpha value is -1.49. The Morgan fingerprint density at radius 2 is 1.66 bits per heavy atom. The molecule has 1 N–H and O–H groups in total. The van der Waals surface area contributed by atoms with Gasteiger partial charge in [-0.05, 0) is 61.6 Å². The summed E-state index contributed by atoms with van der Waals surface area (Å²) in [6.45, 7) is 7.18. The van der Waals surface area contributed by atoms with Crippen molar-refractivity contribution in [3.8, 4) is 0 Å². The highest BCUT2D eigenvalue weighted by Crippen LogP contribution is 2.43. The van der Waals surface area contributed by atoms with E-state index in [4.69, 9.17) is 11.6 Å². The summed E-state index contributed by atoms with van der Waals surface area (Å²) in [5.41, 5.74) is 0.685. The molecule has 2 nitrogen and oxygen atoms in total. The van der Waals surface area contributed by atoms with Crippen LogP contribution in [0.3, 0.4) is 0 Å². The highest BCUT2D eigenvalue weighted by molar-refractivity contribution is 6.30. The number of aliphatic hydroxyl groups is 1. The molecule has 3 rings (SSSR count). The molecular formula is C24H30ClF2NO. The van der Waals surface area contributed by atoms with Gasteiger partial charge >= 0.3 is 0 Å². The molecule has 0 saturated carbocycles. The molecule has 2 atom stereocenters.